The number of rotatable bonds is 7. The van der Waals surface area contributed by atoms with Crippen molar-refractivity contribution in [3.05, 3.63) is 89.5 Å². The maximum Gasteiger partial charge on any atom is 0.253 e. The number of hydrogen-bond acceptors (Lipinski definition) is 5. The number of thioether (sulfide) groups is 1. The van der Waals surface area contributed by atoms with Crippen molar-refractivity contribution in [2.45, 2.75) is 30.7 Å². The van der Waals surface area contributed by atoms with E-state index in [0.717, 1.165) is 70.8 Å². The maximum atomic E-state index is 12.6. The van der Waals surface area contributed by atoms with Crippen LogP contribution in [0.5, 0.6) is 5.75 Å². The van der Waals surface area contributed by atoms with Gasteiger partial charge in [0.15, 0.2) is 11.0 Å². The highest BCUT2D eigenvalue weighted by atomic mass is 32.2. The molecule has 35 heavy (non-hydrogen) atoms. The summed E-state index contributed by atoms with van der Waals surface area (Å²) in [6.07, 6.45) is 2.19. The minimum absolute atomic E-state index is 0.128. The molecule has 178 valence electrons. The molecule has 4 aromatic rings. The minimum atomic E-state index is 0.128. The van der Waals surface area contributed by atoms with Crippen LogP contribution in [0.25, 0.3) is 17.1 Å². The molecule has 1 aliphatic rings. The van der Waals surface area contributed by atoms with Crippen LogP contribution in [0.4, 0.5) is 0 Å². The van der Waals surface area contributed by atoms with Gasteiger partial charge < -0.3 is 9.64 Å². The van der Waals surface area contributed by atoms with Crippen LogP contribution in [0.15, 0.2) is 78.0 Å². The zero-order valence-corrected chi connectivity index (χ0v) is 20.8. The number of carbonyl (C=O) groups excluding carboxylic acids is 1. The maximum absolute atomic E-state index is 12.6. The normalized spacial score (nSPS) is 13.3. The van der Waals surface area contributed by atoms with Crippen molar-refractivity contribution in [1.29, 1.82) is 0 Å². The zero-order valence-electron chi connectivity index (χ0n) is 20.0. The highest BCUT2D eigenvalue weighted by molar-refractivity contribution is 7.98. The molecule has 0 saturated carbocycles. The van der Waals surface area contributed by atoms with Crippen molar-refractivity contribution >= 4 is 17.7 Å². The summed E-state index contributed by atoms with van der Waals surface area (Å²) >= 11 is 1.63. The molecule has 7 heteroatoms. The third-order valence-electron chi connectivity index (χ3n) is 6.24. The van der Waals surface area contributed by atoms with Gasteiger partial charge in [0.05, 0.1) is 7.11 Å². The first-order valence-electron chi connectivity index (χ1n) is 11.8. The largest absolute Gasteiger partial charge is 0.497 e. The molecule has 0 N–H and O–H groups in total. The zero-order chi connectivity index (χ0) is 24.2. The highest BCUT2D eigenvalue weighted by Gasteiger charge is 2.20. The number of likely N-dealkylation sites (tertiary alicyclic amines) is 1. The first-order chi connectivity index (χ1) is 17.1. The van der Waals surface area contributed by atoms with Crippen molar-refractivity contribution < 1.29 is 9.53 Å². The van der Waals surface area contributed by atoms with Crippen LogP contribution >= 0.6 is 11.8 Å². The highest BCUT2D eigenvalue weighted by Crippen LogP contribution is 2.31. The van der Waals surface area contributed by atoms with Crippen LogP contribution in [-0.4, -0.2) is 45.8 Å². The molecule has 1 saturated heterocycles. The number of benzene rings is 3. The molecule has 0 radical (unpaired) electrons. The second kappa shape index (κ2) is 10.4. The Bertz CT molecular complexity index is 1290. The van der Waals surface area contributed by atoms with E-state index < -0.39 is 0 Å². The Labute approximate surface area is 210 Å². The SMILES string of the molecule is COc1ccc(-n2c(SCc3ccc(C(=O)N4CCCC4)cc3)nnc2-c2ccc(C)cc2)cc1. The van der Waals surface area contributed by atoms with Gasteiger partial charge in [0.2, 0.25) is 0 Å². The van der Waals surface area contributed by atoms with E-state index in [1.165, 1.54) is 5.56 Å². The standard InChI is InChI=1S/C28H28N4O2S/c1-20-5-9-22(10-6-20)26-29-30-28(32(26)24-13-15-25(34-2)16-14-24)35-19-21-7-11-23(12-8-21)27(33)31-17-3-4-18-31/h5-16H,3-4,17-19H2,1-2H3. The average Bonchev–Trinajstić information content (AvgIpc) is 3.59. The number of nitrogens with zero attached hydrogens (tertiary/aromatic N) is 4. The second-order valence-corrected chi connectivity index (χ2v) is 9.63. The lowest BCUT2D eigenvalue weighted by Crippen LogP contribution is -2.27. The predicted octanol–water partition coefficient (Wildman–Crippen LogP) is 5.78. The molecule has 3 aromatic carbocycles. The van der Waals surface area contributed by atoms with Crippen LogP contribution in [-0.2, 0) is 5.75 Å². The predicted molar refractivity (Wildman–Crippen MR) is 139 cm³/mol. The monoisotopic (exact) mass is 484 g/mol. The Kier molecular flexibility index (Phi) is 6.86. The molecule has 6 nitrogen and oxygen atoms in total. The van der Waals surface area contributed by atoms with E-state index >= 15 is 0 Å². The van der Waals surface area contributed by atoms with Gasteiger partial charge in [-0.2, -0.15) is 0 Å². The summed E-state index contributed by atoms with van der Waals surface area (Å²) in [6, 6.07) is 24.2. The Balaban J connectivity index is 1.39. The van der Waals surface area contributed by atoms with E-state index in [-0.39, 0.29) is 5.91 Å². The summed E-state index contributed by atoms with van der Waals surface area (Å²) in [5.41, 5.74) is 5.07. The molecule has 0 atom stereocenters. The lowest BCUT2D eigenvalue weighted by Gasteiger charge is -2.15. The van der Waals surface area contributed by atoms with Gasteiger partial charge in [-0.15, -0.1) is 10.2 Å². The molecule has 0 unspecified atom stereocenters. The lowest BCUT2D eigenvalue weighted by atomic mass is 10.1. The van der Waals surface area contributed by atoms with Gasteiger partial charge in [0.25, 0.3) is 5.91 Å². The Morgan fingerprint density at radius 2 is 1.60 bits per heavy atom. The molecule has 1 aromatic heterocycles. The van der Waals surface area contributed by atoms with Gasteiger partial charge >= 0.3 is 0 Å². The molecule has 1 aliphatic heterocycles. The fraction of sp³-hybridized carbons (Fsp3) is 0.250. The van der Waals surface area contributed by atoms with Crippen LogP contribution < -0.4 is 4.74 Å². The lowest BCUT2D eigenvalue weighted by molar-refractivity contribution is 0.0793. The second-order valence-electron chi connectivity index (χ2n) is 8.69. The van der Waals surface area contributed by atoms with Gasteiger partial charge in [-0.05, 0) is 61.7 Å². The van der Waals surface area contributed by atoms with E-state index in [0.29, 0.717) is 0 Å². The number of ether oxygens (including phenoxy) is 1. The van der Waals surface area contributed by atoms with Crippen molar-refractivity contribution in [3.63, 3.8) is 0 Å². The first-order valence-corrected chi connectivity index (χ1v) is 12.8. The molecule has 0 spiro atoms. The summed E-state index contributed by atoms with van der Waals surface area (Å²) < 4.78 is 7.42. The van der Waals surface area contributed by atoms with Gasteiger partial charge in [-0.3, -0.25) is 9.36 Å². The third-order valence-corrected chi connectivity index (χ3v) is 7.24. The third kappa shape index (κ3) is 5.10. The molecule has 5 rings (SSSR count). The number of carbonyl (C=O) groups is 1. The summed E-state index contributed by atoms with van der Waals surface area (Å²) in [5.74, 6) is 2.45. The fourth-order valence-electron chi connectivity index (χ4n) is 4.21. The fourth-order valence-corrected chi connectivity index (χ4v) is 5.12. The molecular formula is C28H28N4O2S. The Hall–Kier alpha value is -3.58. The number of aryl methyl sites for hydroxylation is 1. The quantitative estimate of drug-likeness (QED) is 0.311. The summed E-state index contributed by atoms with van der Waals surface area (Å²) in [6.45, 7) is 3.80. The van der Waals surface area contributed by atoms with E-state index in [9.17, 15) is 4.79 Å². The van der Waals surface area contributed by atoms with Gasteiger partial charge in [0.1, 0.15) is 5.75 Å². The van der Waals surface area contributed by atoms with Crippen LogP contribution in [0.3, 0.4) is 0 Å². The molecule has 1 fully saturated rings. The summed E-state index contributed by atoms with van der Waals surface area (Å²) in [7, 11) is 1.66. The van der Waals surface area contributed by atoms with Crippen LogP contribution in [0.1, 0.15) is 34.3 Å². The van der Waals surface area contributed by atoms with Crippen molar-refractivity contribution in [2.24, 2.45) is 0 Å². The van der Waals surface area contributed by atoms with E-state index in [2.05, 4.69) is 46.0 Å². The number of amides is 1. The molecule has 1 amide bonds. The van der Waals surface area contributed by atoms with Gasteiger partial charge in [-0.25, -0.2) is 0 Å². The smallest absolute Gasteiger partial charge is 0.253 e. The summed E-state index contributed by atoms with van der Waals surface area (Å²) in [4.78, 5) is 14.6. The van der Waals surface area contributed by atoms with Gasteiger partial charge in [0, 0.05) is 35.7 Å². The van der Waals surface area contributed by atoms with Crippen molar-refractivity contribution in [1.82, 2.24) is 19.7 Å². The Morgan fingerprint density at radius 1 is 0.914 bits per heavy atom. The van der Waals surface area contributed by atoms with Crippen LogP contribution in [0, 0.1) is 6.92 Å². The van der Waals surface area contributed by atoms with Crippen molar-refractivity contribution in [3.8, 4) is 22.8 Å². The number of methoxy groups -OCH3 is 1. The van der Waals surface area contributed by atoms with E-state index in [1.807, 2.05) is 53.4 Å². The molecular weight excluding hydrogens is 456 g/mol. The molecule has 2 heterocycles. The van der Waals surface area contributed by atoms with E-state index in [1.54, 1.807) is 18.9 Å². The topological polar surface area (TPSA) is 60.2 Å². The molecule has 0 aliphatic carbocycles. The Morgan fingerprint density at radius 3 is 2.26 bits per heavy atom. The van der Waals surface area contributed by atoms with Crippen molar-refractivity contribution in [2.75, 3.05) is 20.2 Å². The average molecular weight is 485 g/mol. The van der Waals surface area contributed by atoms with Crippen LogP contribution in [0.2, 0.25) is 0 Å². The number of aromatic nitrogens is 3. The molecule has 0 bridgehead atoms. The van der Waals surface area contributed by atoms with Gasteiger partial charge in [-0.1, -0.05) is 53.7 Å². The minimum Gasteiger partial charge on any atom is -0.497 e. The number of hydrogen-bond donors (Lipinski definition) is 0. The van der Waals surface area contributed by atoms with E-state index in [4.69, 9.17) is 4.74 Å². The summed E-state index contributed by atoms with van der Waals surface area (Å²) in [5, 5.41) is 9.88. The first kappa shape index (κ1) is 23.2.